The van der Waals surface area contributed by atoms with Gasteiger partial charge < -0.3 is 14.5 Å². The van der Waals surface area contributed by atoms with E-state index in [0.717, 1.165) is 30.0 Å². The third-order valence-electron chi connectivity index (χ3n) is 6.64. The van der Waals surface area contributed by atoms with E-state index in [0.29, 0.717) is 32.2 Å². The molecule has 0 unspecified atom stereocenters. The Morgan fingerprint density at radius 2 is 1.83 bits per heavy atom. The molecule has 0 bridgehead atoms. The largest absolute Gasteiger partial charge is 0.417 e. The first kappa shape index (κ1) is 25.0. The molecule has 0 spiro atoms. The second-order valence-electron chi connectivity index (χ2n) is 8.93. The molecule has 6 nitrogen and oxygen atoms in total. The number of likely N-dealkylation sites (N-methyl/N-ethyl adjacent to an activating group) is 1. The zero-order chi connectivity index (χ0) is 25.8. The molecule has 3 heterocycles. The quantitative estimate of drug-likeness (QED) is 0.477. The van der Waals surface area contributed by atoms with Crippen LogP contribution in [0.1, 0.15) is 5.56 Å². The minimum Gasteiger partial charge on any atom is -0.379 e. The van der Waals surface area contributed by atoms with Gasteiger partial charge in [-0.25, -0.2) is 13.6 Å². The van der Waals surface area contributed by atoms with Crippen molar-refractivity contribution in [2.45, 2.75) is 23.7 Å². The molecule has 1 atom stereocenters. The van der Waals surface area contributed by atoms with Crippen molar-refractivity contribution in [3.63, 3.8) is 0 Å². The minimum absolute atomic E-state index is 0.0819. The van der Waals surface area contributed by atoms with Crippen LogP contribution < -0.4 is 10.6 Å². The van der Waals surface area contributed by atoms with E-state index < -0.39 is 40.7 Å². The number of methoxy groups -OCH3 is 1. The van der Waals surface area contributed by atoms with Gasteiger partial charge in [-0.2, -0.15) is 18.2 Å². The lowest BCUT2D eigenvalue weighted by Crippen LogP contribution is -2.45. The molecule has 1 aromatic heterocycles. The van der Waals surface area contributed by atoms with Crippen LogP contribution in [-0.4, -0.2) is 66.6 Å². The molecule has 5 rings (SSSR count). The van der Waals surface area contributed by atoms with Gasteiger partial charge in [0.1, 0.15) is 17.5 Å². The van der Waals surface area contributed by atoms with Crippen LogP contribution >= 0.6 is 11.8 Å². The average Bonchev–Trinajstić information content (AvgIpc) is 3.02. The second-order valence-corrected chi connectivity index (χ2v) is 9.96. The van der Waals surface area contributed by atoms with Crippen LogP contribution in [0, 0.1) is 11.6 Å². The minimum atomic E-state index is -4.85. The van der Waals surface area contributed by atoms with Gasteiger partial charge in [-0.15, -0.1) is 11.8 Å². The molecule has 36 heavy (non-hydrogen) atoms. The lowest BCUT2D eigenvalue weighted by molar-refractivity contribution is -0.137. The second kappa shape index (κ2) is 9.31. The van der Waals surface area contributed by atoms with Gasteiger partial charge >= 0.3 is 11.9 Å². The Hall–Kier alpha value is -2.70. The highest BCUT2D eigenvalue weighted by Gasteiger charge is 2.39. The highest BCUT2D eigenvalue weighted by atomic mass is 32.2. The fraction of sp³-hybridized carbons (Fsp3) is 0.417. The average molecular weight is 527 g/mol. The maximum atomic E-state index is 14.9. The van der Waals surface area contributed by atoms with Crippen LogP contribution in [0.25, 0.3) is 22.0 Å². The number of nitrogens with zero attached hydrogens (tertiary/aromatic N) is 4. The van der Waals surface area contributed by atoms with Crippen molar-refractivity contribution in [2.24, 2.45) is 0 Å². The maximum absolute atomic E-state index is 14.9. The molecule has 0 radical (unpaired) electrons. The van der Waals surface area contributed by atoms with E-state index in [-0.39, 0.29) is 39.5 Å². The Morgan fingerprint density at radius 1 is 1.11 bits per heavy atom. The van der Waals surface area contributed by atoms with Crippen molar-refractivity contribution in [1.82, 2.24) is 14.5 Å². The Labute approximate surface area is 207 Å². The molecule has 3 aromatic rings. The van der Waals surface area contributed by atoms with Gasteiger partial charge in [0.25, 0.3) is 0 Å². The Bertz CT molecular complexity index is 1390. The lowest BCUT2D eigenvalue weighted by Gasteiger charge is -2.34. The summed E-state index contributed by atoms with van der Waals surface area (Å²) in [6.45, 7) is 2.37. The summed E-state index contributed by atoms with van der Waals surface area (Å²) in [7, 11) is 3.39. The monoisotopic (exact) mass is 526 g/mol. The van der Waals surface area contributed by atoms with Crippen LogP contribution in [0.2, 0.25) is 0 Å². The highest BCUT2D eigenvalue weighted by Crippen LogP contribution is 2.48. The molecule has 1 saturated heterocycles. The number of thioether (sulfide) groups is 1. The molecule has 0 aliphatic carbocycles. The normalized spacial score (nSPS) is 19.1. The summed E-state index contributed by atoms with van der Waals surface area (Å²) in [4.78, 5) is 21.4. The predicted molar refractivity (Wildman–Crippen MR) is 128 cm³/mol. The number of ether oxygens (including phenoxy) is 1. The smallest absolute Gasteiger partial charge is 0.379 e. The first-order valence-electron chi connectivity index (χ1n) is 11.3. The molecule has 1 fully saturated rings. The number of benzene rings is 2. The van der Waals surface area contributed by atoms with E-state index in [1.54, 1.807) is 0 Å². The van der Waals surface area contributed by atoms with Crippen LogP contribution in [0.4, 0.5) is 27.8 Å². The predicted octanol–water partition coefficient (Wildman–Crippen LogP) is 4.23. The standard InChI is InChI=1S/C24H23F5N4O2S/c1-31-5-7-32(8-6-31)22-16-10-17(24(27,28)29)19(15-4-3-13(25)9-18(15)26)21-20(16)33(23(34)30-22)11-14(35-2)12-36-21/h3-4,9-10,14H,5-8,11-12H2,1-2H3/t14-/m1/s1. The van der Waals surface area contributed by atoms with Crippen LogP contribution in [-0.2, 0) is 17.5 Å². The summed E-state index contributed by atoms with van der Waals surface area (Å²) in [5.74, 6) is -1.62. The van der Waals surface area contributed by atoms with E-state index in [1.807, 2.05) is 11.9 Å². The number of anilines is 1. The number of rotatable bonds is 3. The molecular formula is C24H23F5N4O2S. The maximum Gasteiger partial charge on any atom is 0.417 e. The molecule has 12 heteroatoms. The van der Waals surface area contributed by atoms with Gasteiger partial charge in [0.2, 0.25) is 0 Å². The summed E-state index contributed by atoms with van der Waals surface area (Å²) >= 11 is 1.06. The number of piperazine rings is 1. The number of alkyl halides is 3. The topological polar surface area (TPSA) is 50.6 Å². The van der Waals surface area contributed by atoms with Crippen molar-refractivity contribution >= 4 is 28.5 Å². The summed E-state index contributed by atoms with van der Waals surface area (Å²) in [6.07, 6.45) is -5.34. The van der Waals surface area contributed by atoms with Crippen molar-refractivity contribution in [2.75, 3.05) is 51.0 Å². The van der Waals surface area contributed by atoms with Gasteiger partial charge in [-0.1, -0.05) is 0 Å². The van der Waals surface area contributed by atoms with E-state index in [2.05, 4.69) is 9.88 Å². The first-order valence-corrected chi connectivity index (χ1v) is 12.3. The summed E-state index contributed by atoms with van der Waals surface area (Å²) in [5.41, 5.74) is -2.24. The summed E-state index contributed by atoms with van der Waals surface area (Å²) in [6, 6.07) is 3.42. The van der Waals surface area contributed by atoms with Crippen LogP contribution in [0.3, 0.4) is 0 Å². The zero-order valence-electron chi connectivity index (χ0n) is 19.5. The Morgan fingerprint density at radius 3 is 2.47 bits per heavy atom. The SMILES string of the molecule is CO[C@H]1CSc2c(-c3ccc(F)cc3F)c(C(F)(F)F)cc3c(N4CCN(C)CC4)nc(=O)n(c23)C1. The van der Waals surface area contributed by atoms with Gasteiger partial charge in [-0.05, 0) is 25.2 Å². The molecule has 0 N–H and O–H groups in total. The molecular weight excluding hydrogens is 503 g/mol. The third-order valence-corrected chi connectivity index (χ3v) is 7.86. The van der Waals surface area contributed by atoms with Gasteiger partial charge in [0.05, 0.1) is 23.7 Å². The van der Waals surface area contributed by atoms with E-state index in [4.69, 9.17) is 4.74 Å². The van der Waals surface area contributed by atoms with Crippen LogP contribution in [0.5, 0.6) is 0 Å². The van der Waals surface area contributed by atoms with Gasteiger partial charge in [0, 0.05) is 66.5 Å². The number of aromatic nitrogens is 2. The van der Waals surface area contributed by atoms with Gasteiger partial charge in [-0.3, -0.25) is 4.57 Å². The Kier molecular flexibility index (Phi) is 6.46. The molecule has 0 saturated carbocycles. The number of halogens is 5. The van der Waals surface area contributed by atoms with Crippen LogP contribution in [0.15, 0.2) is 34.0 Å². The summed E-state index contributed by atoms with van der Waals surface area (Å²) in [5, 5.41) is 0.164. The molecule has 192 valence electrons. The van der Waals surface area contributed by atoms with Crippen molar-refractivity contribution in [1.29, 1.82) is 0 Å². The Balaban J connectivity index is 1.90. The first-order chi connectivity index (χ1) is 17.1. The molecule has 2 aliphatic heterocycles. The summed E-state index contributed by atoms with van der Waals surface area (Å²) < 4.78 is 78.9. The highest BCUT2D eigenvalue weighted by molar-refractivity contribution is 7.99. The fourth-order valence-electron chi connectivity index (χ4n) is 4.72. The molecule has 2 aromatic carbocycles. The van der Waals surface area contributed by atoms with Gasteiger partial charge in [0.15, 0.2) is 0 Å². The van der Waals surface area contributed by atoms with Crippen molar-refractivity contribution in [3.8, 4) is 11.1 Å². The molecule has 2 aliphatic rings. The molecule has 0 amide bonds. The van der Waals surface area contributed by atoms with Crippen molar-refractivity contribution in [3.05, 3.63) is 51.9 Å². The van der Waals surface area contributed by atoms with E-state index >= 15 is 0 Å². The lowest BCUT2D eigenvalue weighted by atomic mass is 9.95. The van der Waals surface area contributed by atoms with E-state index in [9.17, 15) is 26.7 Å². The fourth-order valence-corrected chi connectivity index (χ4v) is 6.04. The zero-order valence-corrected chi connectivity index (χ0v) is 20.3. The number of hydrogen-bond donors (Lipinski definition) is 0. The van der Waals surface area contributed by atoms with E-state index in [1.165, 1.54) is 11.7 Å². The number of hydrogen-bond acceptors (Lipinski definition) is 6. The van der Waals surface area contributed by atoms with Crippen molar-refractivity contribution < 1.29 is 26.7 Å². The third kappa shape index (κ3) is 4.35.